The highest BCUT2D eigenvalue weighted by molar-refractivity contribution is 6.18. The normalized spacial score (nSPS) is 14.4. The molecule has 2 amide bonds. The predicted octanol–water partition coefficient (Wildman–Crippen LogP) is 0.961. The Morgan fingerprint density at radius 3 is 2.86 bits per heavy atom. The van der Waals surface area contributed by atoms with Crippen molar-refractivity contribution in [1.29, 1.82) is 0 Å². The number of β-amino-alcohol motifs (C(OH)–C–C–N with tert-alkyl or cyclic N) is 1. The summed E-state index contributed by atoms with van der Waals surface area (Å²) in [5.41, 5.74) is 0.795. The maximum atomic E-state index is 12.0. The molecule has 0 saturated heterocycles. The fraction of sp³-hybridized carbons (Fsp3) is 0.286. The lowest BCUT2D eigenvalue weighted by molar-refractivity contribution is -0.137. The van der Waals surface area contributed by atoms with Crippen molar-refractivity contribution in [1.82, 2.24) is 4.90 Å². The maximum Gasteiger partial charge on any atom is 0.277 e. The van der Waals surface area contributed by atoms with Crippen LogP contribution in [0.5, 0.6) is 5.75 Å². The lowest BCUT2D eigenvalue weighted by Crippen LogP contribution is -2.34. The molecule has 0 saturated carbocycles. The molecule has 0 bridgehead atoms. The van der Waals surface area contributed by atoms with Crippen LogP contribution < -0.4 is 10.1 Å². The first-order chi connectivity index (χ1) is 10.2. The van der Waals surface area contributed by atoms with Crippen LogP contribution in [0.1, 0.15) is 0 Å². The number of nitrogens with one attached hydrogen (secondary N) is 1. The van der Waals surface area contributed by atoms with E-state index < -0.39 is 11.8 Å². The Balaban J connectivity index is 2.07. The lowest BCUT2D eigenvalue weighted by atomic mass is 10.3. The van der Waals surface area contributed by atoms with Gasteiger partial charge in [0.2, 0.25) is 0 Å². The van der Waals surface area contributed by atoms with Gasteiger partial charge in [-0.2, -0.15) is 0 Å². The van der Waals surface area contributed by atoms with Gasteiger partial charge in [0.25, 0.3) is 11.8 Å². The first-order valence-corrected chi connectivity index (χ1v) is 6.93. The monoisotopic (exact) mass is 310 g/mol. The van der Waals surface area contributed by atoms with E-state index in [-0.39, 0.29) is 18.8 Å². The second-order valence-corrected chi connectivity index (χ2v) is 4.64. The summed E-state index contributed by atoms with van der Waals surface area (Å²) in [6.07, 6.45) is 1.21. The van der Waals surface area contributed by atoms with Crippen molar-refractivity contribution in [3.05, 3.63) is 36.0 Å². The summed E-state index contributed by atoms with van der Waals surface area (Å²) in [5, 5.41) is 11.7. The standard InChI is InChI=1S/C14H15ClN2O4/c15-4-7-21-11-3-1-2-10(8-11)16-12-9-13(19)17(5-6-18)14(12)20/h1-3,8-9,16,18H,4-7H2. The van der Waals surface area contributed by atoms with E-state index in [1.54, 1.807) is 24.3 Å². The molecule has 1 heterocycles. The molecule has 2 rings (SSSR count). The number of aliphatic hydroxyl groups is 1. The fourth-order valence-corrected chi connectivity index (χ4v) is 1.96. The molecule has 7 heteroatoms. The van der Waals surface area contributed by atoms with Gasteiger partial charge < -0.3 is 15.2 Å². The number of ether oxygens (including phenoxy) is 1. The summed E-state index contributed by atoms with van der Waals surface area (Å²) in [6, 6.07) is 6.99. The number of alkyl halides is 1. The molecular formula is C14H15ClN2O4. The van der Waals surface area contributed by atoms with E-state index in [4.69, 9.17) is 21.4 Å². The van der Waals surface area contributed by atoms with Crippen molar-refractivity contribution in [2.24, 2.45) is 0 Å². The number of aliphatic hydroxyl groups excluding tert-OH is 1. The van der Waals surface area contributed by atoms with Crippen molar-refractivity contribution in [2.75, 3.05) is 31.0 Å². The summed E-state index contributed by atoms with van der Waals surface area (Å²) in [7, 11) is 0. The number of anilines is 1. The SMILES string of the molecule is O=C1C=C(Nc2cccc(OCCCl)c2)C(=O)N1CCO. The molecule has 6 nitrogen and oxygen atoms in total. The first kappa shape index (κ1) is 15.3. The van der Waals surface area contributed by atoms with Crippen LogP contribution in [0.4, 0.5) is 5.69 Å². The highest BCUT2D eigenvalue weighted by Crippen LogP contribution is 2.21. The van der Waals surface area contributed by atoms with Crippen LogP contribution in [0, 0.1) is 0 Å². The zero-order valence-corrected chi connectivity index (χ0v) is 12.0. The number of nitrogens with zero attached hydrogens (tertiary/aromatic N) is 1. The quantitative estimate of drug-likeness (QED) is 0.579. The zero-order valence-electron chi connectivity index (χ0n) is 11.2. The van der Waals surface area contributed by atoms with Gasteiger partial charge in [0.05, 0.1) is 19.0 Å². The second-order valence-electron chi connectivity index (χ2n) is 4.27. The summed E-state index contributed by atoms with van der Waals surface area (Å²) in [4.78, 5) is 24.6. The van der Waals surface area contributed by atoms with E-state index in [2.05, 4.69) is 5.32 Å². The third kappa shape index (κ3) is 3.74. The Labute approximate surface area is 126 Å². The highest BCUT2D eigenvalue weighted by atomic mass is 35.5. The average Bonchev–Trinajstić information content (AvgIpc) is 2.73. The molecule has 0 radical (unpaired) electrons. The number of rotatable bonds is 7. The van der Waals surface area contributed by atoms with Gasteiger partial charge in [-0.05, 0) is 12.1 Å². The van der Waals surface area contributed by atoms with Crippen LogP contribution in [0.2, 0.25) is 0 Å². The average molecular weight is 311 g/mol. The number of hydrogen-bond donors (Lipinski definition) is 2. The summed E-state index contributed by atoms with van der Waals surface area (Å²) in [6.45, 7) is 0.105. The van der Waals surface area contributed by atoms with Crippen molar-refractivity contribution < 1.29 is 19.4 Å². The van der Waals surface area contributed by atoms with Crippen molar-refractivity contribution in [3.63, 3.8) is 0 Å². The van der Waals surface area contributed by atoms with Crippen LogP contribution in [0.25, 0.3) is 0 Å². The lowest BCUT2D eigenvalue weighted by Gasteiger charge is -2.13. The Hall–Kier alpha value is -2.05. The molecule has 0 atom stereocenters. The van der Waals surface area contributed by atoms with E-state index >= 15 is 0 Å². The predicted molar refractivity (Wildman–Crippen MR) is 78.2 cm³/mol. The molecule has 2 N–H and O–H groups in total. The third-order valence-electron chi connectivity index (χ3n) is 2.79. The van der Waals surface area contributed by atoms with Crippen LogP contribution in [-0.2, 0) is 9.59 Å². The Kier molecular flexibility index (Phi) is 5.19. The maximum absolute atomic E-state index is 12.0. The van der Waals surface area contributed by atoms with Gasteiger partial charge in [-0.3, -0.25) is 14.5 Å². The number of carbonyl (C=O) groups excluding carboxylic acids is 2. The molecule has 0 aliphatic carbocycles. The molecule has 1 aliphatic heterocycles. The van der Waals surface area contributed by atoms with Gasteiger partial charge in [-0.25, -0.2) is 0 Å². The first-order valence-electron chi connectivity index (χ1n) is 6.40. The smallest absolute Gasteiger partial charge is 0.277 e. The largest absolute Gasteiger partial charge is 0.492 e. The van der Waals surface area contributed by atoms with Crippen LogP contribution in [0.3, 0.4) is 0 Å². The van der Waals surface area contributed by atoms with Crippen molar-refractivity contribution in [3.8, 4) is 5.75 Å². The van der Waals surface area contributed by atoms with Crippen LogP contribution in [-0.4, -0.2) is 47.5 Å². The number of imide groups is 1. The molecule has 0 aromatic heterocycles. The molecule has 21 heavy (non-hydrogen) atoms. The number of halogens is 1. The summed E-state index contributed by atoms with van der Waals surface area (Å²) < 4.78 is 5.38. The van der Waals surface area contributed by atoms with Crippen molar-refractivity contribution >= 4 is 29.1 Å². The molecule has 1 aliphatic rings. The Morgan fingerprint density at radius 1 is 1.33 bits per heavy atom. The second kappa shape index (κ2) is 7.10. The summed E-state index contributed by atoms with van der Waals surface area (Å²) in [5.74, 6) is 0.101. The van der Waals surface area contributed by atoms with Crippen LogP contribution in [0.15, 0.2) is 36.0 Å². The summed E-state index contributed by atoms with van der Waals surface area (Å²) >= 11 is 5.55. The molecule has 1 aromatic carbocycles. The van der Waals surface area contributed by atoms with Gasteiger partial charge in [-0.1, -0.05) is 6.07 Å². The van der Waals surface area contributed by atoms with E-state index in [0.29, 0.717) is 23.9 Å². The Bertz CT molecular complexity index is 574. The van der Waals surface area contributed by atoms with Gasteiger partial charge in [0.1, 0.15) is 18.1 Å². The minimum Gasteiger partial charge on any atom is -0.492 e. The van der Waals surface area contributed by atoms with E-state index in [0.717, 1.165) is 4.90 Å². The molecule has 0 fully saturated rings. The molecular weight excluding hydrogens is 296 g/mol. The van der Waals surface area contributed by atoms with Gasteiger partial charge in [0.15, 0.2) is 0 Å². The van der Waals surface area contributed by atoms with Gasteiger partial charge in [0, 0.05) is 17.8 Å². The molecule has 0 spiro atoms. The van der Waals surface area contributed by atoms with Gasteiger partial charge in [-0.15, -0.1) is 11.6 Å². The minimum atomic E-state index is -0.457. The van der Waals surface area contributed by atoms with E-state index in [1.807, 2.05) is 0 Å². The Morgan fingerprint density at radius 2 is 2.14 bits per heavy atom. The van der Waals surface area contributed by atoms with E-state index in [9.17, 15) is 9.59 Å². The number of carbonyl (C=O) groups is 2. The van der Waals surface area contributed by atoms with Gasteiger partial charge >= 0.3 is 0 Å². The minimum absolute atomic E-state index is 0.0157. The third-order valence-corrected chi connectivity index (χ3v) is 2.95. The molecule has 112 valence electrons. The van der Waals surface area contributed by atoms with E-state index in [1.165, 1.54) is 6.08 Å². The van der Waals surface area contributed by atoms with Crippen LogP contribution >= 0.6 is 11.6 Å². The number of benzene rings is 1. The molecule has 1 aromatic rings. The van der Waals surface area contributed by atoms with Crippen molar-refractivity contribution in [2.45, 2.75) is 0 Å². The molecule has 0 unspecified atom stereocenters. The number of amides is 2. The topological polar surface area (TPSA) is 78.9 Å². The zero-order chi connectivity index (χ0) is 15.2. The number of hydrogen-bond acceptors (Lipinski definition) is 5. The highest BCUT2D eigenvalue weighted by Gasteiger charge is 2.30. The fourth-order valence-electron chi connectivity index (χ4n) is 1.89.